The second kappa shape index (κ2) is 4.78. The van der Waals surface area contributed by atoms with Gasteiger partial charge in [-0.25, -0.2) is 0 Å². The fourth-order valence-electron chi connectivity index (χ4n) is 2.49. The lowest BCUT2D eigenvalue weighted by Gasteiger charge is -2.17. The highest BCUT2D eigenvalue weighted by atomic mass is 79.9. The summed E-state index contributed by atoms with van der Waals surface area (Å²) in [5, 5.41) is 17.7. The van der Waals surface area contributed by atoms with Crippen molar-refractivity contribution in [2.24, 2.45) is 0 Å². The maximum atomic E-state index is 4.01. The normalized spacial score (nSPS) is 19.8. The predicted octanol–water partition coefficient (Wildman–Crippen LogP) is 2.30. The van der Waals surface area contributed by atoms with Gasteiger partial charge in [-0.1, -0.05) is 27.2 Å². The van der Waals surface area contributed by atoms with Crippen LogP contribution in [-0.4, -0.2) is 20.6 Å². The Morgan fingerprint density at radius 2 is 2.39 bits per heavy atom. The van der Waals surface area contributed by atoms with Gasteiger partial charge in [0, 0.05) is 10.5 Å². The topological polar surface area (TPSA) is 66.5 Å². The van der Waals surface area contributed by atoms with Gasteiger partial charge in [-0.05, 0) is 43.0 Å². The first-order valence-electron chi connectivity index (χ1n) is 6.02. The molecule has 2 aromatic rings. The zero-order valence-electron chi connectivity index (χ0n) is 10.0. The fourth-order valence-corrected chi connectivity index (χ4v) is 2.90. The summed E-state index contributed by atoms with van der Waals surface area (Å²) in [6.45, 7) is 2.06. The molecular formula is C12H14BrN5. The second-order valence-corrected chi connectivity index (χ2v) is 5.51. The zero-order chi connectivity index (χ0) is 12.5. The number of benzene rings is 1. The molecule has 0 aliphatic heterocycles. The minimum absolute atomic E-state index is 0.100. The van der Waals surface area contributed by atoms with Crippen LogP contribution in [-0.2, 0) is 6.42 Å². The number of halogens is 1. The smallest absolute Gasteiger partial charge is 0.191 e. The number of H-pyrrole nitrogens is 1. The van der Waals surface area contributed by atoms with E-state index in [1.165, 1.54) is 11.1 Å². The summed E-state index contributed by atoms with van der Waals surface area (Å²) >= 11 is 3.51. The van der Waals surface area contributed by atoms with Crippen LogP contribution in [0.3, 0.4) is 0 Å². The number of aromatic nitrogens is 4. The molecule has 2 atom stereocenters. The monoisotopic (exact) mass is 307 g/mol. The maximum absolute atomic E-state index is 4.01. The summed E-state index contributed by atoms with van der Waals surface area (Å²) < 4.78 is 1.15. The standard InChI is InChI=1S/C12H14BrN5/c1-7(12-15-17-18-16-12)14-11-5-2-8-6-9(13)3-4-10(8)11/h3-4,6-7,11,14H,2,5H2,1H3,(H,15,16,17,18). The first-order chi connectivity index (χ1) is 8.74. The molecule has 0 amide bonds. The molecule has 0 saturated heterocycles. The largest absolute Gasteiger partial charge is 0.300 e. The number of tetrazole rings is 1. The van der Waals surface area contributed by atoms with E-state index in [1.54, 1.807) is 0 Å². The van der Waals surface area contributed by atoms with Crippen molar-refractivity contribution in [3.8, 4) is 0 Å². The number of fused-ring (bicyclic) bond motifs is 1. The van der Waals surface area contributed by atoms with Crippen LogP contribution >= 0.6 is 15.9 Å². The highest BCUT2D eigenvalue weighted by Crippen LogP contribution is 2.34. The number of hydrogen-bond donors (Lipinski definition) is 2. The predicted molar refractivity (Wildman–Crippen MR) is 70.9 cm³/mol. The molecule has 5 nitrogen and oxygen atoms in total. The maximum Gasteiger partial charge on any atom is 0.191 e. The quantitative estimate of drug-likeness (QED) is 0.913. The van der Waals surface area contributed by atoms with Gasteiger partial charge in [-0.2, -0.15) is 5.21 Å². The molecular weight excluding hydrogens is 294 g/mol. The van der Waals surface area contributed by atoms with Crippen molar-refractivity contribution in [2.45, 2.75) is 31.8 Å². The molecule has 0 bridgehead atoms. The van der Waals surface area contributed by atoms with Crippen LogP contribution in [0.15, 0.2) is 22.7 Å². The number of nitrogens with one attached hydrogen (secondary N) is 2. The van der Waals surface area contributed by atoms with Crippen LogP contribution in [0.25, 0.3) is 0 Å². The third kappa shape index (κ3) is 2.18. The minimum atomic E-state index is 0.100. The lowest BCUT2D eigenvalue weighted by molar-refractivity contribution is 0.450. The van der Waals surface area contributed by atoms with Crippen molar-refractivity contribution >= 4 is 15.9 Å². The van der Waals surface area contributed by atoms with E-state index < -0.39 is 0 Å². The highest BCUT2D eigenvalue weighted by Gasteiger charge is 2.25. The van der Waals surface area contributed by atoms with E-state index in [-0.39, 0.29) is 6.04 Å². The van der Waals surface area contributed by atoms with Gasteiger partial charge >= 0.3 is 0 Å². The van der Waals surface area contributed by atoms with Crippen LogP contribution < -0.4 is 5.32 Å². The molecule has 2 N–H and O–H groups in total. The summed E-state index contributed by atoms with van der Waals surface area (Å²) in [4.78, 5) is 0. The molecule has 18 heavy (non-hydrogen) atoms. The highest BCUT2D eigenvalue weighted by molar-refractivity contribution is 9.10. The fraction of sp³-hybridized carbons (Fsp3) is 0.417. The van der Waals surface area contributed by atoms with E-state index in [9.17, 15) is 0 Å². The Morgan fingerprint density at radius 3 is 3.17 bits per heavy atom. The Hall–Kier alpha value is -1.27. The van der Waals surface area contributed by atoms with E-state index in [1.807, 2.05) is 0 Å². The van der Waals surface area contributed by atoms with Gasteiger partial charge in [0.05, 0.1) is 6.04 Å². The van der Waals surface area contributed by atoms with Crippen LogP contribution in [0.2, 0.25) is 0 Å². The molecule has 0 spiro atoms. The molecule has 1 aromatic carbocycles. The summed E-state index contributed by atoms with van der Waals surface area (Å²) in [6.07, 6.45) is 2.24. The van der Waals surface area contributed by atoms with Crippen molar-refractivity contribution in [3.63, 3.8) is 0 Å². The van der Waals surface area contributed by atoms with Crippen molar-refractivity contribution in [3.05, 3.63) is 39.6 Å². The number of aryl methyl sites for hydroxylation is 1. The van der Waals surface area contributed by atoms with Crippen LogP contribution in [0.4, 0.5) is 0 Å². The van der Waals surface area contributed by atoms with Crippen LogP contribution in [0.5, 0.6) is 0 Å². The van der Waals surface area contributed by atoms with E-state index in [0.29, 0.717) is 11.9 Å². The van der Waals surface area contributed by atoms with Gasteiger partial charge in [0.25, 0.3) is 0 Å². The lowest BCUT2D eigenvalue weighted by Crippen LogP contribution is -2.23. The third-order valence-corrected chi connectivity index (χ3v) is 3.88. The number of rotatable bonds is 3. The van der Waals surface area contributed by atoms with Crippen molar-refractivity contribution in [2.75, 3.05) is 0 Å². The van der Waals surface area contributed by atoms with Crippen molar-refractivity contribution in [1.82, 2.24) is 25.9 Å². The van der Waals surface area contributed by atoms with Crippen molar-refractivity contribution < 1.29 is 0 Å². The van der Waals surface area contributed by atoms with Gasteiger partial charge < -0.3 is 5.32 Å². The molecule has 3 rings (SSSR count). The number of nitrogens with zero attached hydrogens (tertiary/aromatic N) is 3. The molecule has 1 heterocycles. The molecule has 0 saturated carbocycles. The Balaban J connectivity index is 1.77. The first-order valence-corrected chi connectivity index (χ1v) is 6.81. The third-order valence-electron chi connectivity index (χ3n) is 3.38. The Bertz CT molecular complexity index is 539. The lowest BCUT2D eigenvalue weighted by atomic mass is 10.1. The minimum Gasteiger partial charge on any atom is -0.300 e. The van der Waals surface area contributed by atoms with Crippen molar-refractivity contribution in [1.29, 1.82) is 0 Å². The molecule has 1 aromatic heterocycles. The van der Waals surface area contributed by atoms with Crippen LogP contribution in [0.1, 0.15) is 42.4 Å². The van der Waals surface area contributed by atoms with Gasteiger partial charge in [0.15, 0.2) is 5.82 Å². The summed E-state index contributed by atoms with van der Waals surface area (Å²) in [7, 11) is 0. The summed E-state index contributed by atoms with van der Waals surface area (Å²) in [5.74, 6) is 0.709. The SMILES string of the molecule is CC(NC1CCc2cc(Br)ccc21)c1nn[nH]n1. The van der Waals surface area contributed by atoms with E-state index >= 15 is 0 Å². The Kier molecular flexibility index (Phi) is 3.13. The number of hydrogen-bond acceptors (Lipinski definition) is 4. The van der Waals surface area contributed by atoms with Crippen LogP contribution in [0, 0.1) is 0 Å². The number of aromatic amines is 1. The van der Waals surface area contributed by atoms with Gasteiger partial charge in [0.2, 0.25) is 0 Å². The van der Waals surface area contributed by atoms with E-state index in [0.717, 1.165) is 17.3 Å². The molecule has 6 heteroatoms. The first kappa shape index (κ1) is 11.8. The zero-order valence-corrected chi connectivity index (χ0v) is 11.6. The molecule has 0 radical (unpaired) electrons. The van der Waals surface area contributed by atoms with E-state index in [2.05, 4.69) is 67.0 Å². The van der Waals surface area contributed by atoms with Gasteiger partial charge in [-0.3, -0.25) is 0 Å². The average Bonchev–Trinajstić information content (AvgIpc) is 2.98. The summed E-state index contributed by atoms with van der Waals surface area (Å²) in [5.41, 5.74) is 2.80. The second-order valence-electron chi connectivity index (χ2n) is 4.59. The molecule has 1 aliphatic rings. The molecule has 1 aliphatic carbocycles. The summed E-state index contributed by atoms with van der Waals surface area (Å²) in [6, 6.07) is 6.96. The average molecular weight is 308 g/mol. The molecule has 2 unspecified atom stereocenters. The Labute approximate surface area is 113 Å². The molecule has 0 fully saturated rings. The van der Waals surface area contributed by atoms with Gasteiger partial charge in [-0.15, -0.1) is 10.2 Å². The molecule has 94 valence electrons. The van der Waals surface area contributed by atoms with E-state index in [4.69, 9.17) is 0 Å². The van der Waals surface area contributed by atoms with Gasteiger partial charge in [0.1, 0.15) is 0 Å². The Morgan fingerprint density at radius 1 is 1.50 bits per heavy atom.